The van der Waals surface area contributed by atoms with E-state index in [-0.39, 0.29) is 11.9 Å². The Labute approximate surface area is 121 Å². The Kier molecular flexibility index (Phi) is 4.70. The molecular formula is C15H15ClF2N2. The summed E-state index contributed by atoms with van der Waals surface area (Å²) in [5, 5.41) is 0.338. The lowest BCUT2D eigenvalue weighted by molar-refractivity contribution is 0.522. The van der Waals surface area contributed by atoms with Crippen LogP contribution >= 0.6 is 11.6 Å². The topological polar surface area (TPSA) is 38.0 Å². The van der Waals surface area contributed by atoms with E-state index in [0.29, 0.717) is 22.6 Å². The van der Waals surface area contributed by atoms with E-state index in [0.717, 1.165) is 5.56 Å². The minimum absolute atomic E-state index is 0.309. The van der Waals surface area contributed by atoms with Gasteiger partial charge in [0.05, 0.1) is 6.04 Å². The summed E-state index contributed by atoms with van der Waals surface area (Å²) in [5.41, 5.74) is 4.69. The van der Waals surface area contributed by atoms with Crippen LogP contribution in [0, 0.1) is 18.6 Å². The van der Waals surface area contributed by atoms with Crippen molar-refractivity contribution in [2.45, 2.75) is 19.4 Å². The molecule has 0 saturated carbocycles. The van der Waals surface area contributed by atoms with Gasteiger partial charge in [-0.25, -0.2) is 8.78 Å². The maximum absolute atomic E-state index is 13.8. The molecular weight excluding hydrogens is 282 g/mol. The third-order valence-corrected chi connectivity index (χ3v) is 3.49. The molecule has 0 saturated heterocycles. The molecule has 2 nitrogen and oxygen atoms in total. The Morgan fingerprint density at radius 2 is 1.95 bits per heavy atom. The van der Waals surface area contributed by atoms with Crippen LogP contribution in [0.3, 0.4) is 0 Å². The summed E-state index contributed by atoms with van der Waals surface area (Å²) in [5.74, 6) is 4.79. The second-order valence-electron chi connectivity index (χ2n) is 4.66. The summed E-state index contributed by atoms with van der Waals surface area (Å²) < 4.78 is 27.2. The minimum Gasteiger partial charge on any atom is -0.271 e. The number of nitrogens with two attached hydrogens (primary N) is 1. The van der Waals surface area contributed by atoms with Crippen molar-refractivity contribution in [3.05, 3.63) is 69.7 Å². The van der Waals surface area contributed by atoms with Gasteiger partial charge in [-0.3, -0.25) is 11.3 Å². The van der Waals surface area contributed by atoms with Crippen LogP contribution in [0.25, 0.3) is 0 Å². The van der Waals surface area contributed by atoms with Gasteiger partial charge in [0.15, 0.2) is 0 Å². The highest BCUT2D eigenvalue weighted by Crippen LogP contribution is 2.24. The standard InChI is InChI=1S/C15H15ClF2N2/c1-9-2-5-12(17)8-13(9)15(20-19)6-10-3-4-11(16)7-14(10)18/h2-5,7-8,15,20H,6,19H2,1H3. The van der Waals surface area contributed by atoms with E-state index >= 15 is 0 Å². The van der Waals surface area contributed by atoms with Gasteiger partial charge in [0.25, 0.3) is 0 Å². The van der Waals surface area contributed by atoms with Gasteiger partial charge < -0.3 is 0 Å². The van der Waals surface area contributed by atoms with Crippen molar-refractivity contribution in [3.8, 4) is 0 Å². The van der Waals surface area contributed by atoms with Gasteiger partial charge in [0, 0.05) is 5.02 Å². The van der Waals surface area contributed by atoms with Gasteiger partial charge in [-0.2, -0.15) is 0 Å². The molecule has 2 aromatic rings. The van der Waals surface area contributed by atoms with E-state index in [2.05, 4.69) is 5.43 Å². The number of hydrogen-bond donors (Lipinski definition) is 2. The number of hydrogen-bond acceptors (Lipinski definition) is 2. The van der Waals surface area contributed by atoms with Crippen molar-refractivity contribution in [1.29, 1.82) is 0 Å². The number of hydrazine groups is 1. The minimum atomic E-state index is -0.396. The van der Waals surface area contributed by atoms with Gasteiger partial charge in [-0.05, 0) is 54.3 Å². The third-order valence-electron chi connectivity index (χ3n) is 3.26. The lowest BCUT2D eigenvalue weighted by Crippen LogP contribution is -2.30. The average Bonchev–Trinajstić information content (AvgIpc) is 2.41. The van der Waals surface area contributed by atoms with Crippen LogP contribution in [0.15, 0.2) is 36.4 Å². The van der Waals surface area contributed by atoms with Gasteiger partial charge in [0.1, 0.15) is 11.6 Å². The van der Waals surface area contributed by atoms with Crippen LogP contribution < -0.4 is 11.3 Å². The lowest BCUT2D eigenvalue weighted by atomic mass is 9.95. The van der Waals surface area contributed by atoms with Gasteiger partial charge in [-0.15, -0.1) is 0 Å². The first-order valence-corrected chi connectivity index (χ1v) is 6.55. The quantitative estimate of drug-likeness (QED) is 0.667. The number of aryl methyl sites for hydroxylation is 1. The fourth-order valence-electron chi connectivity index (χ4n) is 2.15. The van der Waals surface area contributed by atoms with Crippen molar-refractivity contribution in [2.24, 2.45) is 5.84 Å². The highest BCUT2D eigenvalue weighted by Gasteiger charge is 2.16. The Morgan fingerprint density at radius 1 is 1.20 bits per heavy atom. The maximum Gasteiger partial charge on any atom is 0.127 e. The summed E-state index contributed by atoms with van der Waals surface area (Å²) in [4.78, 5) is 0. The van der Waals surface area contributed by atoms with Crippen molar-refractivity contribution >= 4 is 11.6 Å². The van der Waals surface area contributed by atoms with Crippen LogP contribution in [-0.2, 0) is 6.42 Å². The van der Waals surface area contributed by atoms with Crippen LogP contribution in [0.5, 0.6) is 0 Å². The van der Waals surface area contributed by atoms with Gasteiger partial charge >= 0.3 is 0 Å². The number of benzene rings is 2. The third kappa shape index (κ3) is 3.33. The normalized spacial score (nSPS) is 12.4. The molecule has 0 aliphatic heterocycles. The molecule has 0 radical (unpaired) electrons. The maximum atomic E-state index is 13.8. The zero-order chi connectivity index (χ0) is 14.7. The number of nitrogens with one attached hydrogen (secondary N) is 1. The molecule has 106 valence electrons. The van der Waals surface area contributed by atoms with Crippen molar-refractivity contribution < 1.29 is 8.78 Å². The second kappa shape index (κ2) is 6.31. The zero-order valence-corrected chi connectivity index (χ0v) is 11.7. The Bertz CT molecular complexity index is 617. The molecule has 0 aromatic heterocycles. The fourth-order valence-corrected chi connectivity index (χ4v) is 2.31. The monoisotopic (exact) mass is 296 g/mol. The molecule has 1 atom stereocenters. The molecule has 1 unspecified atom stereocenters. The molecule has 0 spiro atoms. The smallest absolute Gasteiger partial charge is 0.127 e. The predicted molar refractivity (Wildman–Crippen MR) is 76.3 cm³/mol. The van der Waals surface area contributed by atoms with Crippen LogP contribution in [0.1, 0.15) is 22.7 Å². The lowest BCUT2D eigenvalue weighted by Gasteiger charge is -2.19. The highest BCUT2D eigenvalue weighted by molar-refractivity contribution is 6.30. The summed E-state index contributed by atoms with van der Waals surface area (Å²) in [6.07, 6.45) is 0.309. The van der Waals surface area contributed by atoms with Crippen molar-refractivity contribution in [1.82, 2.24) is 5.43 Å². The summed E-state index contributed by atoms with van der Waals surface area (Å²) in [6, 6.07) is 8.57. The van der Waals surface area contributed by atoms with Gasteiger partial charge in [-0.1, -0.05) is 23.7 Å². The molecule has 0 heterocycles. The fraction of sp³-hybridized carbons (Fsp3) is 0.200. The summed E-state index contributed by atoms with van der Waals surface area (Å²) in [7, 11) is 0. The summed E-state index contributed by atoms with van der Waals surface area (Å²) in [6.45, 7) is 1.86. The summed E-state index contributed by atoms with van der Waals surface area (Å²) >= 11 is 5.72. The van der Waals surface area contributed by atoms with Crippen LogP contribution in [-0.4, -0.2) is 0 Å². The van der Waals surface area contributed by atoms with E-state index in [1.54, 1.807) is 18.2 Å². The number of halogens is 3. The first-order chi connectivity index (χ1) is 9.51. The molecule has 0 bridgehead atoms. The van der Waals surface area contributed by atoms with Crippen molar-refractivity contribution in [3.63, 3.8) is 0 Å². The van der Waals surface area contributed by atoms with Gasteiger partial charge in [0.2, 0.25) is 0 Å². The zero-order valence-electron chi connectivity index (χ0n) is 11.0. The Morgan fingerprint density at radius 3 is 2.60 bits per heavy atom. The molecule has 0 amide bonds. The van der Waals surface area contributed by atoms with Crippen LogP contribution in [0.2, 0.25) is 5.02 Å². The van der Waals surface area contributed by atoms with E-state index in [4.69, 9.17) is 17.4 Å². The molecule has 2 aromatic carbocycles. The highest BCUT2D eigenvalue weighted by atomic mass is 35.5. The molecule has 20 heavy (non-hydrogen) atoms. The SMILES string of the molecule is Cc1ccc(F)cc1C(Cc1ccc(Cl)cc1F)NN. The van der Waals surface area contributed by atoms with E-state index in [1.165, 1.54) is 18.2 Å². The molecule has 0 fully saturated rings. The first-order valence-electron chi connectivity index (χ1n) is 6.17. The van der Waals surface area contributed by atoms with Crippen molar-refractivity contribution in [2.75, 3.05) is 0 Å². The molecule has 2 rings (SSSR count). The molecule has 3 N–H and O–H groups in total. The van der Waals surface area contributed by atoms with E-state index in [1.807, 2.05) is 6.92 Å². The Balaban J connectivity index is 2.31. The second-order valence-corrected chi connectivity index (χ2v) is 5.10. The number of rotatable bonds is 4. The predicted octanol–water partition coefficient (Wildman–Crippen LogP) is 3.67. The van der Waals surface area contributed by atoms with E-state index < -0.39 is 5.82 Å². The largest absolute Gasteiger partial charge is 0.271 e. The molecule has 0 aliphatic carbocycles. The molecule has 5 heteroatoms. The first kappa shape index (κ1) is 14.9. The molecule has 0 aliphatic rings. The average molecular weight is 297 g/mol. The van der Waals surface area contributed by atoms with Crippen LogP contribution in [0.4, 0.5) is 8.78 Å². The Hall–Kier alpha value is -1.49. The van der Waals surface area contributed by atoms with E-state index in [9.17, 15) is 8.78 Å².